The van der Waals surface area contributed by atoms with E-state index in [0.29, 0.717) is 21.3 Å². The van der Waals surface area contributed by atoms with Crippen LogP contribution in [0.4, 0.5) is 5.69 Å². The molecule has 7 heteroatoms. The fraction of sp³-hybridized carbons (Fsp3) is 0.150. The van der Waals surface area contributed by atoms with Gasteiger partial charge in [-0.1, -0.05) is 59.8 Å². The van der Waals surface area contributed by atoms with Gasteiger partial charge in [0.05, 0.1) is 22.4 Å². The maximum Gasteiger partial charge on any atom is 0.234 e. The molecule has 3 rings (SSSR count). The molecule has 1 aliphatic rings. The Hall–Kier alpha value is -2.75. The highest BCUT2D eigenvalue weighted by molar-refractivity contribution is 8.03. The number of nitrogens with zero attached hydrogens (tertiary/aromatic N) is 1. The summed E-state index contributed by atoms with van der Waals surface area (Å²) in [5.41, 5.74) is 1.84. The minimum absolute atomic E-state index is 0.0743. The molecular formula is C20H16ClN3O2S. The summed E-state index contributed by atoms with van der Waals surface area (Å²) < 4.78 is 0. The Labute approximate surface area is 166 Å². The number of nitriles is 1. The van der Waals surface area contributed by atoms with E-state index in [1.165, 1.54) is 0 Å². The Balaban J connectivity index is 1.77. The number of rotatable bonds is 5. The van der Waals surface area contributed by atoms with Gasteiger partial charge in [-0.2, -0.15) is 5.26 Å². The average molecular weight is 398 g/mol. The predicted octanol–water partition coefficient (Wildman–Crippen LogP) is 4.05. The third-order valence-corrected chi connectivity index (χ3v) is 5.40. The summed E-state index contributed by atoms with van der Waals surface area (Å²) in [6, 6.07) is 18.4. The van der Waals surface area contributed by atoms with Crippen molar-refractivity contribution in [3.63, 3.8) is 0 Å². The number of para-hydroxylation sites is 1. The van der Waals surface area contributed by atoms with Crippen molar-refractivity contribution in [3.8, 4) is 6.07 Å². The Morgan fingerprint density at radius 3 is 2.63 bits per heavy atom. The molecular weight excluding hydrogens is 382 g/mol. The Kier molecular flexibility index (Phi) is 6.17. The van der Waals surface area contributed by atoms with Crippen molar-refractivity contribution in [2.45, 2.75) is 12.3 Å². The summed E-state index contributed by atoms with van der Waals surface area (Å²) in [5.74, 6) is -0.766. The van der Waals surface area contributed by atoms with Crippen LogP contribution in [0, 0.1) is 11.3 Å². The van der Waals surface area contributed by atoms with Crippen LogP contribution >= 0.6 is 23.4 Å². The number of benzene rings is 2. The largest absolute Gasteiger partial charge is 0.325 e. The molecule has 136 valence electrons. The number of halogens is 1. The molecule has 0 spiro atoms. The van der Waals surface area contributed by atoms with Crippen LogP contribution in [0.1, 0.15) is 17.9 Å². The second-order valence-electron chi connectivity index (χ2n) is 5.88. The molecule has 2 amide bonds. The van der Waals surface area contributed by atoms with Crippen LogP contribution < -0.4 is 10.6 Å². The number of carbonyl (C=O) groups excluding carboxylic acids is 2. The molecule has 1 aliphatic heterocycles. The summed E-state index contributed by atoms with van der Waals surface area (Å²) in [7, 11) is 0. The molecule has 0 fully saturated rings. The van der Waals surface area contributed by atoms with E-state index in [1.54, 1.807) is 24.3 Å². The van der Waals surface area contributed by atoms with Gasteiger partial charge in [-0.3, -0.25) is 9.59 Å². The summed E-state index contributed by atoms with van der Waals surface area (Å²) in [5, 5.41) is 16.1. The number of hydrogen-bond acceptors (Lipinski definition) is 4. The lowest BCUT2D eigenvalue weighted by Gasteiger charge is -2.25. The summed E-state index contributed by atoms with van der Waals surface area (Å²) in [4.78, 5) is 24.3. The first-order valence-electron chi connectivity index (χ1n) is 8.24. The zero-order valence-electron chi connectivity index (χ0n) is 14.2. The van der Waals surface area contributed by atoms with Crippen LogP contribution in [0.5, 0.6) is 0 Å². The van der Waals surface area contributed by atoms with Gasteiger partial charge in [-0.25, -0.2) is 0 Å². The van der Waals surface area contributed by atoms with Gasteiger partial charge >= 0.3 is 0 Å². The zero-order chi connectivity index (χ0) is 19.2. The number of amides is 2. The van der Waals surface area contributed by atoms with E-state index < -0.39 is 5.92 Å². The molecule has 5 nitrogen and oxygen atoms in total. The zero-order valence-corrected chi connectivity index (χ0v) is 15.8. The molecule has 0 aliphatic carbocycles. The molecule has 2 aromatic carbocycles. The van der Waals surface area contributed by atoms with Crippen molar-refractivity contribution >= 4 is 40.9 Å². The number of allylic oxidation sites excluding steroid dienone is 1. The van der Waals surface area contributed by atoms with Crippen LogP contribution in [-0.4, -0.2) is 17.6 Å². The van der Waals surface area contributed by atoms with E-state index in [-0.39, 0.29) is 24.0 Å². The van der Waals surface area contributed by atoms with Crippen molar-refractivity contribution in [2.75, 3.05) is 11.1 Å². The molecule has 1 atom stereocenters. The Morgan fingerprint density at radius 1 is 1.22 bits per heavy atom. The Bertz CT molecular complexity index is 938. The highest BCUT2D eigenvalue weighted by atomic mass is 35.5. The summed E-state index contributed by atoms with van der Waals surface area (Å²) >= 11 is 7.39. The standard InChI is InChI=1S/C20H16ClN3O2S/c21-17-9-5-4-8-14(17)15-10-18(25)24-20(16(15)11-22)27-12-19(26)23-13-6-2-1-3-7-13/h1-9,15H,10,12H2,(H,23,26)(H,24,25)/t15-/m1/s1. The number of anilines is 1. The molecule has 2 aromatic rings. The van der Waals surface area contributed by atoms with Crippen LogP contribution in [0.15, 0.2) is 65.2 Å². The second-order valence-corrected chi connectivity index (χ2v) is 7.28. The van der Waals surface area contributed by atoms with E-state index in [2.05, 4.69) is 16.7 Å². The first-order valence-corrected chi connectivity index (χ1v) is 9.61. The van der Waals surface area contributed by atoms with E-state index in [0.717, 1.165) is 17.3 Å². The lowest BCUT2D eigenvalue weighted by molar-refractivity contribution is -0.121. The fourth-order valence-electron chi connectivity index (χ4n) is 2.81. The average Bonchev–Trinajstić information content (AvgIpc) is 2.67. The van der Waals surface area contributed by atoms with Gasteiger partial charge in [0.1, 0.15) is 0 Å². The Morgan fingerprint density at radius 2 is 1.93 bits per heavy atom. The van der Waals surface area contributed by atoms with Gasteiger partial charge in [-0.05, 0) is 23.8 Å². The summed E-state index contributed by atoms with van der Waals surface area (Å²) in [6.07, 6.45) is 0.146. The lowest BCUT2D eigenvalue weighted by Crippen LogP contribution is -2.31. The molecule has 2 N–H and O–H groups in total. The minimum Gasteiger partial charge on any atom is -0.325 e. The van der Waals surface area contributed by atoms with Crippen LogP contribution in [0.2, 0.25) is 5.02 Å². The minimum atomic E-state index is -0.419. The van der Waals surface area contributed by atoms with Crippen molar-refractivity contribution in [2.24, 2.45) is 0 Å². The van der Waals surface area contributed by atoms with Gasteiger partial charge in [0.15, 0.2) is 0 Å². The van der Waals surface area contributed by atoms with Crippen molar-refractivity contribution in [1.82, 2.24) is 5.32 Å². The molecule has 0 unspecified atom stereocenters. The number of hydrogen-bond donors (Lipinski definition) is 2. The molecule has 0 aromatic heterocycles. The third-order valence-electron chi connectivity index (χ3n) is 4.04. The van der Waals surface area contributed by atoms with Gasteiger partial charge in [0, 0.05) is 23.0 Å². The van der Waals surface area contributed by atoms with Crippen molar-refractivity contribution < 1.29 is 9.59 Å². The van der Waals surface area contributed by atoms with E-state index in [1.807, 2.05) is 30.3 Å². The second kappa shape index (κ2) is 8.76. The topological polar surface area (TPSA) is 82.0 Å². The molecule has 0 radical (unpaired) electrons. The van der Waals surface area contributed by atoms with Crippen LogP contribution in [0.25, 0.3) is 0 Å². The van der Waals surface area contributed by atoms with E-state index >= 15 is 0 Å². The number of nitrogens with one attached hydrogen (secondary N) is 2. The third kappa shape index (κ3) is 4.70. The predicted molar refractivity (Wildman–Crippen MR) is 107 cm³/mol. The molecule has 0 bridgehead atoms. The molecule has 0 saturated heterocycles. The number of carbonyl (C=O) groups is 2. The quantitative estimate of drug-likeness (QED) is 0.797. The van der Waals surface area contributed by atoms with Gasteiger partial charge < -0.3 is 10.6 Å². The van der Waals surface area contributed by atoms with E-state index in [4.69, 9.17) is 11.6 Å². The number of thioether (sulfide) groups is 1. The van der Waals surface area contributed by atoms with Gasteiger partial charge in [0.2, 0.25) is 11.8 Å². The molecule has 27 heavy (non-hydrogen) atoms. The van der Waals surface area contributed by atoms with Crippen LogP contribution in [-0.2, 0) is 9.59 Å². The fourth-order valence-corrected chi connectivity index (χ4v) is 3.96. The van der Waals surface area contributed by atoms with Gasteiger partial charge in [0.25, 0.3) is 0 Å². The van der Waals surface area contributed by atoms with Crippen molar-refractivity contribution in [3.05, 3.63) is 75.8 Å². The molecule has 1 heterocycles. The lowest BCUT2D eigenvalue weighted by atomic mass is 9.87. The monoisotopic (exact) mass is 397 g/mol. The first-order chi connectivity index (χ1) is 13.1. The maximum atomic E-state index is 12.2. The summed E-state index contributed by atoms with van der Waals surface area (Å²) in [6.45, 7) is 0. The SMILES string of the molecule is N#CC1=C(SCC(=O)Nc2ccccc2)NC(=O)C[C@@H]1c1ccccc1Cl. The first kappa shape index (κ1) is 19.0. The van der Waals surface area contributed by atoms with E-state index in [9.17, 15) is 14.9 Å². The smallest absolute Gasteiger partial charge is 0.234 e. The van der Waals surface area contributed by atoms with Crippen molar-refractivity contribution in [1.29, 1.82) is 5.26 Å². The molecule has 0 saturated carbocycles. The highest BCUT2D eigenvalue weighted by Crippen LogP contribution is 2.38. The van der Waals surface area contributed by atoms with Crippen LogP contribution in [0.3, 0.4) is 0 Å². The highest BCUT2D eigenvalue weighted by Gasteiger charge is 2.30. The maximum absolute atomic E-state index is 12.2. The normalized spacial score (nSPS) is 16.4. The van der Waals surface area contributed by atoms with Gasteiger partial charge in [-0.15, -0.1) is 0 Å².